The number of amides is 2. The monoisotopic (exact) mass is 450 g/mol. The summed E-state index contributed by atoms with van der Waals surface area (Å²) in [7, 11) is -3.93. The fraction of sp³-hybridized carbons (Fsp3) is 0.238. The summed E-state index contributed by atoms with van der Waals surface area (Å²) in [4.78, 5) is 24.5. The molecule has 0 radical (unpaired) electrons. The van der Waals surface area contributed by atoms with E-state index in [1.807, 2.05) is 6.92 Å². The Labute approximate surface area is 180 Å². The minimum Gasteiger partial charge on any atom is -0.506 e. The number of aromatic hydroxyl groups is 1. The normalized spacial score (nSPS) is 12.1. The van der Waals surface area contributed by atoms with Gasteiger partial charge in [0.15, 0.2) is 9.84 Å². The number of sulfone groups is 1. The van der Waals surface area contributed by atoms with Crippen LogP contribution in [0.4, 0.5) is 11.4 Å². The van der Waals surface area contributed by atoms with Crippen LogP contribution in [0.3, 0.4) is 0 Å². The lowest BCUT2D eigenvalue weighted by Gasteiger charge is -2.17. The van der Waals surface area contributed by atoms with Crippen molar-refractivity contribution in [3.05, 3.63) is 59.1 Å². The lowest BCUT2D eigenvalue weighted by Crippen LogP contribution is -2.34. The van der Waals surface area contributed by atoms with Crippen LogP contribution < -0.4 is 10.6 Å². The second-order valence-electron chi connectivity index (χ2n) is 6.83. The Morgan fingerprint density at radius 2 is 1.73 bits per heavy atom. The molecule has 0 bridgehead atoms. The third-order valence-corrected chi connectivity index (χ3v) is 6.90. The van der Waals surface area contributed by atoms with E-state index in [1.165, 1.54) is 25.1 Å². The van der Waals surface area contributed by atoms with Gasteiger partial charge in [0.25, 0.3) is 5.91 Å². The first-order valence-electron chi connectivity index (χ1n) is 9.08. The van der Waals surface area contributed by atoms with E-state index in [0.29, 0.717) is 0 Å². The molecule has 0 saturated heterocycles. The van der Waals surface area contributed by atoms with Crippen molar-refractivity contribution in [2.24, 2.45) is 0 Å². The van der Waals surface area contributed by atoms with E-state index >= 15 is 0 Å². The molecule has 9 heteroatoms. The second-order valence-corrected chi connectivity index (χ2v) is 9.37. The molecule has 0 spiro atoms. The van der Waals surface area contributed by atoms with Crippen LogP contribution in [-0.2, 0) is 19.4 Å². The zero-order valence-corrected chi connectivity index (χ0v) is 18.4. The zero-order chi connectivity index (χ0) is 22.6. The highest BCUT2D eigenvalue weighted by Crippen LogP contribution is 2.34. The molecule has 0 aromatic heterocycles. The van der Waals surface area contributed by atoms with Gasteiger partial charge in [-0.15, -0.1) is 0 Å². The summed E-state index contributed by atoms with van der Waals surface area (Å²) in [6, 6.07) is 8.62. The van der Waals surface area contributed by atoms with E-state index in [0.717, 1.165) is 11.6 Å². The number of phenols is 1. The summed E-state index contributed by atoms with van der Waals surface area (Å²) in [6.07, 6.45) is 0.0401. The van der Waals surface area contributed by atoms with Crippen molar-refractivity contribution in [2.75, 3.05) is 10.6 Å². The molecule has 3 N–H and O–H groups in total. The van der Waals surface area contributed by atoms with Gasteiger partial charge in [0.1, 0.15) is 11.0 Å². The summed E-state index contributed by atoms with van der Waals surface area (Å²) < 4.78 is 25.8. The molecule has 2 aromatic rings. The molecule has 7 nitrogen and oxygen atoms in total. The fourth-order valence-corrected chi connectivity index (χ4v) is 4.47. The number of hydrogen-bond donors (Lipinski definition) is 3. The van der Waals surface area contributed by atoms with E-state index in [1.54, 1.807) is 19.1 Å². The number of phenolic OH excluding ortho intramolecular Hbond substituents is 1. The number of nitrogens with one attached hydrogen (secondary N) is 2. The Kier molecular flexibility index (Phi) is 7.28. The first-order chi connectivity index (χ1) is 14.0. The molecule has 0 fully saturated rings. The lowest BCUT2D eigenvalue weighted by atomic mass is 10.2. The molecular weight excluding hydrogens is 428 g/mol. The summed E-state index contributed by atoms with van der Waals surface area (Å²) >= 11 is 6.16. The number of carbonyl (C=O) groups excluding carboxylic acids is 2. The van der Waals surface area contributed by atoms with E-state index in [2.05, 4.69) is 17.2 Å². The maximum absolute atomic E-state index is 12.9. The summed E-state index contributed by atoms with van der Waals surface area (Å²) in [5.74, 6) is -1.63. The quantitative estimate of drug-likeness (QED) is 0.435. The SMILES string of the molecule is C=C(C)C(=O)Nc1cc(Cl)c(NC(=O)C(CC)S(=O)(=O)c2ccc(C)cc2)cc1O. The van der Waals surface area contributed by atoms with Gasteiger partial charge in [-0.3, -0.25) is 9.59 Å². The molecule has 1 unspecified atom stereocenters. The molecule has 2 rings (SSSR count). The van der Waals surface area contributed by atoms with E-state index < -0.39 is 26.9 Å². The number of rotatable bonds is 7. The van der Waals surface area contributed by atoms with Crippen molar-refractivity contribution >= 4 is 44.6 Å². The Morgan fingerprint density at radius 3 is 2.27 bits per heavy atom. The maximum atomic E-state index is 12.9. The largest absolute Gasteiger partial charge is 0.506 e. The van der Waals surface area contributed by atoms with Crippen molar-refractivity contribution in [2.45, 2.75) is 37.3 Å². The third kappa shape index (κ3) is 5.20. The van der Waals surface area contributed by atoms with Gasteiger partial charge in [0, 0.05) is 11.6 Å². The summed E-state index contributed by atoms with van der Waals surface area (Å²) in [5, 5.41) is 13.7. The first kappa shape index (κ1) is 23.4. The summed E-state index contributed by atoms with van der Waals surface area (Å²) in [6.45, 7) is 8.42. The van der Waals surface area contributed by atoms with Crippen LogP contribution in [0.5, 0.6) is 5.75 Å². The Morgan fingerprint density at radius 1 is 1.13 bits per heavy atom. The van der Waals surface area contributed by atoms with Crippen molar-refractivity contribution in [3.8, 4) is 5.75 Å². The van der Waals surface area contributed by atoms with Crippen LogP contribution >= 0.6 is 11.6 Å². The number of halogens is 1. The van der Waals surface area contributed by atoms with Gasteiger partial charge in [0.2, 0.25) is 5.91 Å². The molecule has 0 aliphatic heterocycles. The Balaban J connectivity index is 2.29. The molecule has 1 atom stereocenters. The van der Waals surface area contributed by atoms with E-state index in [-0.39, 0.29) is 39.0 Å². The average molecular weight is 451 g/mol. The van der Waals surface area contributed by atoms with Crippen LogP contribution in [0.25, 0.3) is 0 Å². The standard InChI is InChI=1S/C21H23ClN2O5S/c1-5-19(30(28,29)14-8-6-13(4)7-9-14)21(27)23-16-11-18(25)17(10-15(16)22)24-20(26)12(2)3/h6-11,19,25H,2,5H2,1,3-4H3,(H,23,27)(H,24,26). The number of hydrogen-bond acceptors (Lipinski definition) is 5. The topological polar surface area (TPSA) is 113 Å². The molecule has 0 saturated carbocycles. The Bertz CT molecular complexity index is 1100. The highest BCUT2D eigenvalue weighted by atomic mass is 35.5. The van der Waals surface area contributed by atoms with Crippen molar-refractivity contribution in [1.29, 1.82) is 0 Å². The first-order valence-corrected chi connectivity index (χ1v) is 11.0. The second kappa shape index (κ2) is 9.32. The molecule has 30 heavy (non-hydrogen) atoms. The number of anilines is 2. The predicted octanol–water partition coefficient (Wildman–Crippen LogP) is 4.06. The van der Waals surface area contributed by atoms with Crippen LogP contribution in [0, 0.1) is 6.92 Å². The molecule has 160 valence electrons. The van der Waals surface area contributed by atoms with Gasteiger partial charge in [-0.25, -0.2) is 8.42 Å². The van der Waals surface area contributed by atoms with Gasteiger partial charge in [-0.2, -0.15) is 0 Å². The third-order valence-electron chi connectivity index (χ3n) is 4.37. The minimum absolute atomic E-state index is 0.0146. The van der Waals surface area contributed by atoms with Gasteiger partial charge < -0.3 is 15.7 Å². The van der Waals surface area contributed by atoms with Crippen molar-refractivity contribution in [3.63, 3.8) is 0 Å². The van der Waals surface area contributed by atoms with Gasteiger partial charge in [-0.05, 0) is 38.5 Å². The smallest absolute Gasteiger partial charge is 0.250 e. The Hall–Kier alpha value is -2.84. The minimum atomic E-state index is -3.93. The lowest BCUT2D eigenvalue weighted by molar-refractivity contribution is -0.116. The molecule has 2 amide bonds. The van der Waals surface area contributed by atoms with Crippen LogP contribution in [0.15, 0.2) is 53.4 Å². The molecular formula is C21H23ClN2O5S. The maximum Gasteiger partial charge on any atom is 0.250 e. The molecule has 0 heterocycles. The van der Waals surface area contributed by atoms with Gasteiger partial charge >= 0.3 is 0 Å². The van der Waals surface area contributed by atoms with Gasteiger partial charge in [0.05, 0.1) is 21.3 Å². The van der Waals surface area contributed by atoms with E-state index in [4.69, 9.17) is 11.6 Å². The van der Waals surface area contributed by atoms with Gasteiger partial charge in [-0.1, -0.05) is 42.8 Å². The van der Waals surface area contributed by atoms with E-state index in [9.17, 15) is 23.1 Å². The predicted molar refractivity (Wildman–Crippen MR) is 118 cm³/mol. The highest BCUT2D eigenvalue weighted by Gasteiger charge is 2.33. The summed E-state index contributed by atoms with van der Waals surface area (Å²) in [5.41, 5.74) is 1.18. The number of aryl methyl sites for hydroxylation is 1. The zero-order valence-electron chi connectivity index (χ0n) is 16.8. The number of benzene rings is 2. The van der Waals surface area contributed by atoms with Crippen LogP contribution in [-0.4, -0.2) is 30.6 Å². The highest BCUT2D eigenvalue weighted by molar-refractivity contribution is 7.92. The molecule has 0 aliphatic rings. The molecule has 0 aliphatic carbocycles. The van der Waals surface area contributed by atoms with Crippen LogP contribution in [0.2, 0.25) is 5.02 Å². The van der Waals surface area contributed by atoms with Crippen molar-refractivity contribution < 1.29 is 23.1 Å². The fourth-order valence-electron chi connectivity index (χ4n) is 2.64. The average Bonchev–Trinajstić information content (AvgIpc) is 2.66. The van der Waals surface area contributed by atoms with Crippen LogP contribution in [0.1, 0.15) is 25.8 Å². The molecule has 2 aromatic carbocycles. The van der Waals surface area contributed by atoms with Crippen molar-refractivity contribution in [1.82, 2.24) is 0 Å². The number of carbonyl (C=O) groups is 2.